The molecule has 2 atom stereocenters. The molecule has 1 unspecified atom stereocenters. The van der Waals surface area contributed by atoms with E-state index in [1.54, 1.807) is 35.6 Å². The van der Waals surface area contributed by atoms with Gasteiger partial charge in [-0.2, -0.15) is 5.26 Å². The molecule has 1 amide bonds. The van der Waals surface area contributed by atoms with Crippen molar-refractivity contribution < 1.29 is 9.18 Å². The standard InChI is InChI=1S/C21H17FN6OS/c22-14-1-3-15(4-2-14)26-17-5-6-24-8-16(17)18-9-25-20(30-18)19(29)27-21-7-13(21)10-28(11-21)12-23/h1-6,8-9,13H,7,10-11H2,(H,24,26)(H,27,29)/t13?,21-/m0/s1. The lowest BCUT2D eigenvalue weighted by atomic mass is 10.2. The lowest BCUT2D eigenvalue weighted by Crippen LogP contribution is -2.41. The normalized spacial score (nSPS) is 21.6. The van der Waals surface area contributed by atoms with E-state index in [1.165, 1.54) is 23.5 Å². The van der Waals surface area contributed by atoms with Gasteiger partial charge in [-0.3, -0.25) is 9.78 Å². The molecule has 0 bridgehead atoms. The number of hydrogen-bond donors (Lipinski definition) is 2. The van der Waals surface area contributed by atoms with Gasteiger partial charge in [0.2, 0.25) is 0 Å². The molecule has 1 aliphatic heterocycles. The fourth-order valence-electron chi connectivity index (χ4n) is 3.93. The quantitative estimate of drug-likeness (QED) is 0.615. The first-order valence-electron chi connectivity index (χ1n) is 9.46. The van der Waals surface area contributed by atoms with Crippen LogP contribution in [0, 0.1) is 23.2 Å². The van der Waals surface area contributed by atoms with Gasteiger partial charge in [0.1, 0.15) is 5.82 Å². The van der Waals surface area contributed by atoms with E-state index in [-0.39, 0.29) is 17.3 Å². The van der Waals surface area contributed by atoms with E-state index in [0.717, 1.165) is 28.2 Å². The second kappa shape index (κ2) is 7.07. The number of nitrogens with zero attached hydrogens (tertiary/aromatic N) is 4. The zero-order chi connectivity index (χ0) is 20.7. The molecular formula is C21H17FN6OS. The van der Waals surface area contributed by atoms with Crippen molar-refractivity contribution >= 4 is 28.6 Å². The lowest BCUT2D eigenvalue weighted by Gasteiger charge is -2.16. The van der Waals surface area contributed by atoms with Crippen molar-refractivity contribution in [1.82, 2.24) is 20.2 Å². The molecule has 2 aliphatic rings. The van der Waals surface area contributed by atoms with E-state index in [4.69, 9.17) is 5.26 Å². The van der Waals surface area contributed by atoms with Crippen molar-refractivity contribution in [2.24, 2.45) is 5.92 Å². The summed E-state index contributed by atoms with van der Waals surface area (Å²) in [6.07, 6.45) is 8.09. The second-order valence-electron chi connectivity index (χ2n) is 7.57. The van der Waals surface area contributed by atoms with Crippen LogP contribution in [0.2, 0.25) is 0 Å². The lowest BCUT2D eigenvalue weighted by molar-refractivity contribution is 0.0929. The first-order valence-corrected chi connectivity index (χ1v) is 10.3. The fourth-order valence-corrected chi connectivity index (χ4v) is 4.76. The summed E-state index contributed by atoms with van der Waals surface area (Å²) in [4.78, 5) is 23.7. The number of rotatable bonds is 5. The Kier molecular flexibility index (Phi) is 4.37. The molecule has 7 nitrogen and oxygen atoms in total. The van der Waals surface area contributed by atoms with E-state index in [9.17, 15) is 9.18 Å². The minimum atomic E-state index is -0.300. The summed E-state index contributed by atoms with van der Waals surface area (Å²) in [5.74, 6) is -0.179. The van der Waals surface area contributed by atoms with Crippen LogP contribution in [-0.2, 0) is 0 Å². The molecule has 150 valence electrons. The number of benzene rings is 1. The van der Waals surface area contributed by atoms with Gasteiger partial charge in [0.05, 0.1) is 22.6 Å². The van der Waals surface area contributed by atoms with E-state index in [2.05, 4.69) is 26.8 Å². The minimum absolute atomic E-state index is 0.217. The number of piperidine rings is 1. The van der Waals surface area contributed by atoms with Gasteiger partial charge in [-0.25, -0.2) is 9.37 Å². The molecule has 1 saturated carbocycles. The first kappa shape index (κ1) is 18.5. The maximum atomic E-state index is 13.2. The van der Waals surface area contributed by atoms with Crippen LogP contribution in [-0.4, -0.2) is 39.4 Å². The molecule has 0 spiro atoms. The molecule has 3 aromatic rings. The molecule has 1 aromatic carbocycles. The summed E-state index contributed by atoms with van der Waals surface area (Å²) in [5.41, 5.74) is 2.04. The van der Waals surface area contributed by atoms with Gasteiger partial charge in [-0.05, 0) is 36.8 Å². The third-order valence-electron chi connectivity index (χ3n) is 5.56. The monoisotopic (exact) mass is 420 g/mol. The predicted molar refractivity (Wildman–Crippen MR) is 111 cm³/mol. The average Bonchev–Trinajstić information content (AvgIpc) is 3.10. The van der Waals surface area contributed by atoms with E-state index < -0.39 is 0 Å². The summed E-state index contributed by atoms with van der Waals surface area (Å²) >= 11 is 1.29. The van der Waals surface area contributed by atoms with Crippen LogP contribution in [0.15, 0.2) is 48.9 Å². The van der Waals surface area contributed by atoms with Crippen LogP contribution < -0.4 is 10.6 Å². The smallest absolute Gasteiger partial charge is 0.280 e. The van der Waals surface area contributed by atoms with E-state index in [0.29, 0.717) is 24.0 Å². The Hall–Kier alpha value is -3.51. The average molecular weight is 420 g/mol. The molecule has 9 heteroatoms. The van der Waals surface area contributed by atoms with Crippen molar-refractivity contribution in [3.8, 4) is 16.6 Å². The number of likely N-dealkylation sites (tertiary alicyclic amines) is 1. The predicted octanol–water partition coefficient (Wildman–Crippen LogP) is 3.37. The molecule has 1 aliphatic carbocycles. The summed E-state index contributed by atoms with van der Waals surface area (Å²) in [6.45, 7) is 1.26. The number of thiazole rings is 1. The highest BCUT2D eigenvalue weighted by atomic mass is 32.1. The van der Waals surface area contributed by atoms with Gasteiger partial charge in [0.15, 0.2) is 11.2 Å². The molecule has 0 radical (unpaired) electrons. The summed E-state index contributed by atoms with van der Waals surface area (Å²) in [6, 6.07) is 7.91. The number of hydrogen-bond acceptors (Lipinski definition) is 7. The summed E-state index contributed by atoms with van der Waals surface area (Å²) in [5, 5.41) is 15.8. The van der Waals surface area contributed by atoms with Crippen molar-refractivity contribution in [1.29, 1.82) is 5.26 Å². The first-order chi connectivity index (χ1) is 14.6. The Labute approximate surface area is 176 Å². The third kappa shape index (κ3) is 3.35. The Morgan fingerprint density at radius 2 is 2.13 bits per heavy atom. The number of carbonyl (C=O) groups is 1. The zero-order valence-electron chi connectivity index (χ0n) is 15.8. The molecular weight excluding hydrogens is 403 g/mol. The van der Waals surface area contributed by atoms with Gasteiger partial charge in [0, 0.05) is 42.3 Å². The number of nitrogens with one attached hydrogen (secondary N) is 2. The highest BCUT2D eigenvalue weighted by Crippen LogP contribution is 2.49. The molecule has 2 aromatic heterocycles. The number of aromatic nitrogens is 2. The number of nitriles is 1. The molecule has 1 saturated heterocycles. The van der Waals surface area contributed by atoms with Crippen LogP contribution in [0.1, 0.15) is 16.2 Å². The topological polar surface area (TPSA) is 93.9 Å². The van der Waals surface area contributed by atoms with E-state index in [1.807, 2.05) is 6.07 Å². The number of carbonyl (C=O) groups excluding carboxylic acids is 1. The van der Waals surface area contributed by atoms with Crippen LogP contribution in [0.3, 0.4) is 0 Å². The number of fused-ring (bicyclic) bond motifs is 1. The van der Waals surface area contributed by atoms with E-state index >= 15 is 0 Å². The van der Waals surface area contributed by atoms with Crippen LogP contribution in [0.5, 0.6) is 0 Å². The molecule has 2 fully saturated rings. The SMILES string of the molecule is N#CN1CC2C[C@]2(NC(=O)c2ncc(-c3cnccc3Nc3ccc(F)cc3)s2)C1. The van der Waals surface area contributed by atoms with Crippen LogP contribution in [0.25, 0.3) is 10.4 Å². The van der Waals surface area contributed by atoms with Crippen molar-refractivity contribution in [2.75, 3.05) is 18.4 Å². The summed E-state index contributed by atoms with van der Waals surface area (Å²) in [7, 11) is 0. The maximum absolute atomic E-state index is 13.2. The highest BCUT2D eigenvalue weighted by Gasteiger charge is 2.61. The van der Waals surface area contributed by atoms with Gasteiger partial charge in [0.25, 0.3) is 5.91 Å². The Morgan fingerprint density at radius 3 is 2.90 bits per heavy atom. The summed E-state index contributed by atoms with van der Waals surface area (Å²) < 4.78 is 13.2. The Bertz CT molecular complexity index is 1160. The minimum Gasteiger partial charge on any atom is -0.355 e. The Balaban J connectivity index is 1.34. The molecule has 3 heterocycles. The maximum Gasteiger partial charge on any atom is 0.280 e. The van der Waals surface area contributed by atoms with Crippen molar-refractivity contribution in [2.45, 2.75) is 12.0 Å². The Morgan fingerprint density at radius 1 is 1.30 bits per heavy atom. The van der Waals surface area contributed by atoms with Crippen LogP contribution >= 0.6 is 11.3 Å². The number of halogens is 1. The second-order valence-corrected chi connectivity index (χ2v) is 8.61. The number of pyridine rings is 1. The largest absolute Gasteiger partial charge is 0.355 e. The number of amides is 1. The highest BCUT2D eigenvalue weighted by molar-refractivity contribution is 7.17. The van der Waals surface area contributed by atoms with Crippen LogP contribution in [0.4, 0.5) is 15.8 Å². The van der Waals surface area contributed by atoms with Gasteiger partial charge < -0.3 is 15.5 Å². The fraction of sp³-hybridized carbons (Fsp3) is 0.238. The molecule has 5 rings (SSSR count). The van der Waals surface area contributed by atoms with Crippen molar-refractivity contribution in [3.05, 3.63) is 59.7 Å². The zero-order valence-corrected chi connectivity index (χ0v) is 16.6. The van der Waals surface area contributed by atoms with Gasteiger partial charge >= 0.3 is 0 Å². The number of anilines is 2. The molecule has 2 N–H and O–H groups in total. The third-order valence-corrected chi connectivity index (χ3v) is 6.59. The molecule has 30 heavy (non-hydrogen) atoms. The van der Waals surface area contributed by atoms with Gasteiger partial charge in [-0.1, -0.05) is 0 Å². The van der Waals surface area contributed by atoms with Gasteiger partial charge in [-0.15, -0.1) is 11.3 Å². The van der Waals surface area contributed by atoms with Crippen molar-refractivity contribution in [3.63, 3.8) is 0 Å².